The third-order valence-corrected chi connectivity index (χ3v) is 5.25. The summed E-state index contributed by atoms with van der Waals surface area (Å²) in [4.78, 5) is 17.3. The lowest BCUT2D eigenvalue weighted by molar-refractivity contribution is 1.06. The third kappa shape index (κ3) is 3.96. The Morgan fingerprint density at radius 3 is 1.65 bits per heavy atom. The van der Waals surface area contributed by atoms with Crippen molar-refractivity contribution in [3.05, 3.63) is 110 Å². The normalized spacial score (nSPS) is 10.7. The van der Waals surface area contributed by atoms with E-state index in [2.05, 4.69) is 56.3 Å². The van der Waals surface area contributed by atoms with E-state index in [4.69, 9.17) is 0 Å². The van der Waals surface area contributed by atoms with Crippen LogP contribution in [0.1, 0.15) is 5.82 Å². The molecule has 0 fully saturated rings. The molecule has 0 radical (unpaired) electrons. The van der Waals surface area contributed by atoms with Crippen molar-refractivity contribution < 1.29 is 0 Å². The number of aryl methyl sites for hydroxylation is 1. The molecule has 3 heterocycles. The molecule has 0 unspecified atom stereocenters. The molecule has 5 aromatic rings. The molecule has 0 atom stereocenters. The fraction of sp³-hybridized carbons (Fsp3) is 0.0370. The fourth-order valence-corrected chi connectivity index (χ4v) is 3.77. The Morgan fingerprint density at radius 1 is 0.516 bits per heavy atom. The van der Waals surface area contributed by atoms with Gasteiger partial charge in [-0.1, -0.05) is 24.3 Å². The van der Waals surface area contributed by atoms with Gasteiger partial charge in [0.05, 0.1) is 5.69 Å². The zero-order valence-electron chi connectivity index (χ0n) is 17.1. The maximum absolute atomic E-state index is 4.66. The van der Waals surface area contributed by atoms with E-state index in [0.717, 1.165) is 50.5 Å². The van der Waals surface area contributed by atoms with Gasteiger partial charge in [-0.25, -0.2) is 9.97 Å². The van der Waals surface area contributed by atoms with Gasteiger partial charge in [0, 0.05) is 36.5 Å². The average Bonchev–Trinajstić information content (AvgIpc) is 2.85. The average molecular weight is 400 g/mol. The van der Waals surface area contributed by atoms with Crippen LogP contribution < -0.4 is 0 Å². The van der Waals surface area contributed by atoms with Crippen LogP contribution in [0.15, 0.2) is 104 Å². The first-order chi connectivity index (χ1) is 15.3. The highest BCUT2D eigenvalue weighted by Gasteiger charge is 2.12. The van der Waals surface area contributed by atoms with Crippen LogP contribution in [-0.2, 0) is 0 Å². The molecule has 0 aliphatic heterocycles. The zero-order chi connectivity index (χ0) is 21.0. The van der Waals surface area contributed by atoms with Crippen molar-refractivity contribution in [2.75, 3.05) is 0 Å². The van der Waals surface area contributed by atoms with Gasteiger partial charge < -0.3 is 0 Å². The van der Waals surface area contributed by atoms with Gasteiger partial charge in [0.25, 0.3) is 0 Å². The SMILES string of the molecule is Cc1nccc(-c2ccccc2-c2cc(-c3ccncc3)cc(-c3ccncc3)c2)n1. The summed E-state index contributed by atoms with van der Waals surface area (Å²) in [5, 5.41) is 0. The van der Waals surface area contributed by atoms with Gasteiger partial charge >= 0.3 is 0 Å². The Morgan fingerprint density at radius 2 is 1.06 bits per heavy atom. The van der Waals surface area contributed by atoms with Crippen LogP contribution in [-0.4, -0.2) is 19.9 Å². The lowest BCUT2D eigenvalue weighted by Crippen LogP contribution is -1.93. The van der Waals surface area contributed by atoms with E-state index in [1.807, 2.05) is 74.3 Å². The summed E-state index contributed by atoms with van der Waals surface area (Å²) in [6, 6.07) is 25.2. The maximum atomic E-state index is 4.66. The van der Waals surface area contributed by atoms with E-state index in [1.165, 1.54) is 0 Å². The van der Waals surface area contributed by atoms with Gasteiger partial charge in [0.2, 0.25) is 0 Å². The Labute approximate surface area is 181 Å². The van der Waals surface area contributed by atoms with Gasteiger partial charge in [-0.3, -0.25) is 9.97 Å². The van der Waals surface area contributed by atoms with Crippen LogP contribution >= 0.6 is 0 Å². The Hall–Kier alpha value is -4.18. The summed E-state index contributed by atoms with van der Waals surface area (Å²) in [7, 11) is 0. The molecule has 0 spiro atoms. The Kier molecular flexibility index (Phi) is 5.03. The number of aromatic nitrogens is 4. The van der Waals surface area contributed by atoms with E-state index in [-0.39, 0.29) is 0 Å². The summed E-state index contributed by atoms with van der Waals surface area (Å²) in [6.07, 6.45) is 9.11. The predicted octanol–water partition coefficient (Wildman–Crippen LogP) is 6.24. The Bertz CT molecular complexity index is 1270. The third-order valence-electron chi connectivity index (χ3n) is 5.25. The first kappa shape index (κ1) is 18.8. The number of nitrogens with zero attached hydrogens (tertiary/aromatic N) is 4. The number of hydrogen-bond acceptors (Lipinski definition) is 4. The van der Waals surface area contributed by atoms with Crippen LogP contribution in [0.5, 0.6) is 0 Å². The van der Waals surface area contributed by atoms with Gasteiger partial charge in [0.15, 0.2) is 0 Å². The molecule has 4 nitrogen and oxygen atoms in total. The molecule has 0 aliphatic carbocycles. The largest absolute Gasteiger partial charge is 0.265 e. The molecule has 0 aliphatic rings. The van der Waals surface area contributed by atoms with E-state index in [1.54, 1.807) is 0 Å². The summed E-state index contributed by atoms with van der Waals surface area (Å²) >= 11 is 0. The molecule has 148 valence electrons. The smallest absolute Gasteiger partial charge is 0.125 e. The van der Waals surface area contributed by atoms with Crippen molar-refractivity contribution in [2.24, 2.45) is 0 Å². The second-order valence-corrected chi connectivity index (χ2v) is 7.31. The summed E-state index contributed by atoms with van der Waals surface area (Å²) in [6.45, 7) is 1.91. The second kappa shape index (κ2) is 8.28. The standard InChI is InChI=1S/C27H20N4/c1-19-30-15-10-27(31-19)26-5-3-2-4-25(26)24-17-22(20-6-11-28-12-7-20)16-23(18-24)21-8-13-29-14-9-21/h2-18H,1H3. The number of benzene rings is 2. The van der Waals surface area contributed by atoms with Crippen LogP contribution in [0.2, 0.25) is 0 Å². The zero-order valence-corrected chi connectivity index (χ0v) is 17.1. The van der Waals surface area contributed by atoms with Gasteiger partial charge in [-0.2, -0.15) is 0 Å². The van der Waals surface area contributed by atoms with Crippen molar-refractivity contribution in [1.82, 2.24) is 19.9 Å². The van der Waals surface area contributed by atoms with Crippen molar-refractivity contribution >= 4 is 0 Å². The van der Waals surface area contributed by atoms with Gasteiger partial charge in [-0.15, -0.1) is 0 Å². The highest BCUT2D eigenvalue weighted by atomic mass is 14.9. The molecule has 2 aromatic carbocycles. The molecule has 5 rings (SSSR count). The van der Waals surface area contributed by atoms with Crippen molar-refractivity contribution in [1.29, 1.82) is 0 Å². The van der Waals surface area contributed by atoms with Crippen molar-refractivity contribution in [2.45, 2.75) is 6.92 Å². The Balaban J connectivity index is 1.73. The van der Waals surface area contributed by atoms with Crippen LogP contribution in [0.4, 0.5) is 0 Å². The van der Waals surface area contributed by atoms with Gasteiger partial charge in [-0.05, 0) is 88.8 Å². The van der Waals surface area contributed by atoms with E-state index < -0.39 is 0 Å². The monoisotopic (exact) mass is 400 g/mol. The van der Waals surface area contributed by atoms with Gasteiger partial charge in [0.1, 0.15) is 5.82 Å². The first-order valence-corrected chi connectivity index (χ1v) is 10.1. The topological polar surface area (TPSA) is 51.6 Å². The van der Waals surface area contributed by atoms with E-state index >= 15 is 0 Å². The lowest BCUT2D eigenvalue weighted by atomic mass is 9.91. The molecule has 0 bridgehead atoms. The first-order valence-electron chi connectivity index (χ1n) is 10.1. The fourth-order valence-electron chi connectivity index (χ4n) is 3.77. The maximum Gasteiger partial charge on any atom is 0.125 e. The molecule has 0 saturated heterocycles. The minimum absolute atomic E-state index is 0.760. The minimum atomic E-state index is 0.760. The molecule has 31 heavy (non-hydrogen) atoms. The quantitative estimate of drug-likeness (QED) is 0.358. The van der Waals surface area contributed by atoms with Crippen LogP contribution in [0, 0.1) is 6.92 Å². The summed E-state index contributed by atoms with van der Waals surface area (Å²) in [5.41, 5.74) is 8.80. The number of rotatable bonds is 4. The lowest BCUT2D eigenvalue weighted by Gasteiger charge is -2.14. The van der Waals surface area contributed by atoms with Crippen LogP contribution in [0.3, 0.4) is 0 Å². The number of pyridine rings is 2. The van der Waals surface area contributed by atoms with E-state index in [0.29, 0.717) is 0 Å². The number of hydrogen-bond donors (Lipinski definition) is 0. The van der Waals surface area contributed by atoms with E-state index in [9.17, 15) is 0 Å². The molecule has 4 heteroatoms. The second-order valence-electron chi connectivity index (χ2n) is 7.31. The highest BCUT2D eigenvalue weighted by molar-refractivity contribution is 5.87. The molecular weight excluding hydrogens is 380 g/mol. The predicted molar refractivity (Wildman–Crippen MR) is 124 cm³/mol. The summed E-state index contributed by atoms with van der Waals surface area (Å²) in [5.74, 6) is 0.760. The summed E-state index contributed by atoms with van der Waals surface area (Å²) < 4.78 is 0. The molecule has 0 amide bonds. The van der Waals surface area contributed by atoms with Crippen molar-refractivity contribution in [3.63, 3.8) is 0 Å². The van der Waals surface area contributed by atoms with Crippen molar-refractivity contribution in [3.8, 4) is 44.6 Å². The van der Waals surface area contributed by atoms with Crippen LogP contribution in [0.25, 0.3) is 44.6 Å². The molecular formula is C27H20N4. The molecule has 0 N–H and O–H groups in total. The molecule has 3 aromatic heterocycles. The molecule has 0 saturated carbocycles. The highest BCUT2D eigenvalue weighted by Crippen LogP contribution is 2.36. The minimum Gasteiger partial charge on any atom is -0.265 e.